The van der Waals surface area contributed by atoms with Gasteiger partial charge in [-0.25, -0.2) is 14.4 Å². The minimum absolute atomic E-state index is 0.0570. The van der Waals surface area contributed by atoms with Crippen molar-refractivity contribution in [3.8, 4) is 0 Å². The number of cyclic esters (lactones) is 1. The average molecular weight is 356 g/mol. The Morgan fingerprint density at radius 2 is 1.88 bits per heavy atom. The molecule has 9 nitrogen and oxygen atoms in total. The van der Waals surface area contributed by atoms with Gasteiger partial charge in [0.25, 0.3) is 0 Å². The zero-order valence-corrected chi connectivity index (χ0v) is 14.1. The summed E-state index contributed by atoms with van der Waals surface area (Å²) in [5.41, 5.74) is 0. The summed E-state index contributed by atoms with van der Waals surface area (Å²) in [6, 6.07) is 0. The number of esters is 2. The van der Waals surface area contributed by atoms with E-state index in [-0.39, 0.29) is 6.61 Å². The molecule has 0 saturated carbocycles. The van der Waals surface area contributed by atoms with Crippen molar-refractivity contribution in [2.75, 3.05) is 52.6 Å². The predicted molar refractivity (Wildman–Crippen MR) is 85.8 cm³/mol. The van der Waals surface area contributed by atoms with Crippen LogP contribution in [0.4, 0.5) is 4.79 Å². The van der Waals surface area contributed by atoms with E-state index < -0.39 is 24.1 Å². The quantitative estimate of drug-likeness (QED) is 0.263. The van der Waals surface area contributed by atoms with Crippen LogP contribution in [-0.2, 0) is 28.5 Å². The first-order valence-corrected chi connectivity index (χ1v) is 8.39. The van der Waals surface area contributed by atoms with Gasteiger partial charge in [-0.15, -0.1) is 0 Å². The lowest BCUT2D eigenvalue weighted by Crippen LogP contribution is -2.36. The van der Waals surface area contributed by atoms with Crippen LogP contribution < -0.4 is 5.32 Å². The van der Waals surface area contributed by atoms with Gasteiger partial charge in [0, 0.05) is 25.2 Å². The van der Waals surface area contributed by atoms with Crippen molar-refractivity contribution in [2.45, 2.75) is 18.9 Å². The second-order valence-corrected chi connectivity index (χ2v) is 5.70. The van der Waals surface area contributed by atoms with Crippen LogP contribution in [0.1, 0.15) is 12.8 Å². The Balaban J connectivity index is 1.48. The van der Waals surface area contributed by atoms with Gasteiger partial charge in [0.2, 0.25) is 0 Å². The summed E-state index contributed by atoms with van der Waals surface area (Å²) in [6.07, 6.45) is 2.70. The Morgan fingerprint density at radius 1 is 1.16 bits per heavy atom. The Kier molecular flexibility index (Phi) is 8.20. The molecule has 0 bridgehead atoms. The number of hydrogen-bond donors (Lipinski definition) is 1. The summed E-state index contributed by atoms with van der Waals surface area (Å²) in [6.45, 7) is 4.95. The lowest BCUT2D eigenvalue weighted by molar-refractivity contribution is -0.141. The molecule has 2 saturated heterocycles. The number of unbranched alkanes of at least 4 members (excludes halogenated alkanes) is 1. The number of amides is 1. The highest BCUT2D eigenvalue weighted by atomic mass is 16.6. The molecule has 0 aromatic carbocycles. The van der Waals surface area contributed by atoms with E-state index in [2.05, 4.69) is 10.2 Å². The highest BCUT2D eigenvalue weighted by Gasteiger charge is 2.23. The van der Waals surface area contributed by atoms with Gasteiger partial charge in [-0.3, -0.25) is 4.90 Å². The topological polar surface area (TPSA) is 103 Å². The van der Waals surface area contributed by atoms with E-state index in [9.17, 15) is 14.4 Å². The third-order valence-electron chi connectivity index (χ3n) is 3.73. The number of nitrogens with zero attached hydrogens (tertiary/aromatic N) is 1. The maximum Gasteiger partial charge on any atom is 0.407 e. The first kappa shape index (κ1) is 19.2. The smallest absolute Gasteiger partial charge is 0.407 e. The normalized spacial score (nSPS) is 21.0. The average Bonchev–Trinajstić information content (AvgIpc) is 3.04. The van der Waals surface area contributed by atoms with E-state index in [0.29, 0.717) is 13.2 Å². The Morgan fingerprint density at radius 3 is 2.56 bits per heavy atom. The maximum absolute atomic E-state index is 11.5. The molecule has 1 unspecified atom stereocenters. The molecular weight excluding hydrogens is 332 g/mol. The van der Waals surface area contributed by atoms with Crippen LogP contribution in [0.3, 0.4) is 0 Å². The van der Waals surface area contributed by atoms with Crippen LogP contribution in [0.25, 0.3) is 0 Å². The lowest BCUT2D eigenvalue weighted by Gasteiger charge is -2.26. The third kappa shape index (κ3) is 7.99. The van der Waals surface area contributed by atoms with E-state index in [1.807, 2.05) is 0 Å². The molecule has 9 heteroatoms. The molecule has 1 N–H and O–H groups in total. The second-order valence-electron chi connectivity index (χ2n) is 5.70. The minimum Gasteiger partial charge on any atom is -0.463 e. The largest absolute Gasteiger partial charge is 0.463 e. The van der Waals surface area contributed by atoms with E-state index in [1.165, 1.54) is 0 Å². The van der Waals surface area contributed by atoms with Crippen molar-refractivity contribution in [2.24, 2.45) is 0 Å². The zero-order valence-electron chi connectivity index (χ0n) is 14.1. The van der Waals surface area contributed by atoms with Crippen molar-refractivity contribution in [1.82, 2.24) is 10.2 Å². The van der Waals surface area contributed by atoms with Gasteiger partial charge in [-0.1, -0.05) is 0 Å². The third-order valence-corrected chi connectivity index (χ3v) is 3.73. The van der Waals surface area contributed by atoms with E-state index >= 15 is 0 Å². The highest BCUT2D eigenvalue weighted by Crippen LogP contribution is 2.02. The molecule has 2 aliphatic heterocycles. The number of carbonyl (C=O) groups is 3. The summed E-state index contributed by atoms with van der Waals surface area (Å²) in [5, 5.41) is 2.44. The molecule has 1 atom stereocenters. The van der Waals surface area contributed by atoms with Crippen LogP contribution in [-0.4, -0.2) is 81.6 Å². The molecule has 2 heterocycles. The van der Waals surface area contributed by atoms with Crippen LogP contribution in [0.2, 0.25) is 0 Å². The van der Waals surface area contributed by atoms with Crippen molar-refractivity contribution >= 4 is 18.0 Å². The summed E-state index contributed by atoms with van der Waals surface area (Å²) in [4.78, 5) is 36.0. The van der Waals surface area contributed by atoms with Crippen molar-refractivity contribution < 1.29 is 33.3 Å². The molecule has 1 amide bonds. The number of carbonyl (C=O) groups excluding carboxylic acids is 3. The fourth-order valence-electron chi connectivity index (χ4n) is 2.37. The van der Waals surface area contributed by atoms with Gasteiger partial charge >= 0.3 is 18.0 Å². The van der Waals surface area contributed by atoms with E-state index in [0.717, 1.165) is 57.8 Å². The van der Waals surface area contributed by atoms with Gasteiger partial charge < -0.3 is 24.3 Å². The monoisotopic (exact) mass is 356 g/mol. The molecule has 0 radical (unpaired) electrons. The number of alkyl carbamates (subject to hydrolysis) is 1. The van der Waals surface area contributed by atoms with Gasteiger partial charge in [-0.05, 0) is 19.4 Å². The molecule has 2 rings (SSSR count). The molecule has 0 aromatic heterocycles. The van der Waals surface area contributed by atoms with Crippen LogP contribution in [0, 0.1) is 0 Å². The van der Waals surface area contributed by atoms with E-state index in [1.54, 1.807) is 0 Å². The summed E-state index contributed by atoms with van der Waals surface area (Å²) < 4.78 is 20.0. The predicted octanol–water partition coefficient (Wildman–Crippen LogP) is -0.150. The molecule has 140 valence electrons. The molecule has 25 heavy (non-hydrogen) atoms. The molecule has 0 aliphatic carbocycles. The van der Waals surface area contributed by atoms with Crippen molar-refractivity contribution in [1.29, 1.82) is 0 Å². The molecule has 2 aliphatic rings. The van der Waals surface area contributed by atoms with Crippen molar-refractivity contribution in [3.63, 3.8) is 0 Å². The summed E-state index contributed by atoms with van der Waals surface area (Å²) in [5.74, 6) is -1.27. The minimum atomic E-state index is -0.688. The zero-order chi connectivity index (χ0) is 17.9. The maximum atomic E-state index is 11.5. The molecule has 2 fully saturated rings. The standard InChI is InChI=1S/C16H24N2O7/c19-14(23-8-2-1-5-18-6-9-22-10-7-18)3-4-15(20)24-12-13-11-17-16(21)25-13/h3-4,13H,1-2,5-12H2,(H,17,21)/b4-3+. The number of hydrogen-bond acceptors (Lipinski definition) is 8. The SMILES string of the molecule is O=C(/C=C/C(=O)OCC1CNC(=O)O1)OCCCCN1CCOCC1. The van der Waals surface area contributed by atoms with Gasteiger partial charge in [0.15, 0.2) is 6.10 Å². The van der Waals surface area contributed by atoms with Crippen molar-refractivity contribution in [3.05, 3.63) is 12.2 Å². The Labute approximate surface area is 146 Å². The van der Waals surface area contributed by atoms with Gasteiger partial charge in [0.1, 0.15) is 6.61 Å². The fraction of sp³-hybridized carbons (Fsp3) is 0.688. The van der Waals surface area contributed by atoms with Crippen LogP contribution in [0.5, 0.6) is 0 Å². The Hall–Kier alpha value is -2.13. The fourth-order valence-corrected chi connectivity index (χ4v) is 2.37. The molecule has 0 aromatic rings. The van der Waals surface area contributed by atoms with Gasteiger partial charge in [0.05, 0.1) is 26.4 Å². The number of morpholine rings is 1. The summed E-state index contributed by atoms with van der Waals surface area (Å²) >= 11 is 0. The van der Waals surface area contributed by atoms with E-state index in [4.69, 9.17) is 18.9 Å². The second kappa shape index (κ2) is 10.7. The highest BCUT2D eigenvalue weighted by molar-refractivity contribution is 5.91. The molecule has 0 spiro atoms. The number of nitrogens with one attached hydrogen (secondary N) is 1. The summed E-state index contributed by atoms with van der Waals surface area (Å²) in [7, 11) is 0. The Bertz CT molecular complexity index is 489. The lowest BCUT2D eigenvalue weighted by atomic mass is 10.3. The number of rotatable bonds is 9. The van der Waals surface area contributed by atoms with Gasteiger partial charge in [-0.2, -0.15) is 0 Å². The first-order chi connectivity index (χ1) is 12.1. The molecular formula is C16H24N2O7. The van der Waals surface area contributed by atoms with Crippen LogP contribution >= 0.6 is 0 Å². The van der Waals surface area contributed by atoms with Crippen LogP contribution in [0.15, 0.2) is 12.2 Å². The number of ether oxygens (including phenoxy) is 4. The first-order valence-electron chi connectivity index (χ1n) is 8.39.